The highest BCUT2D eigenvalue weighted by molar-refractivity contribution is 7.95. The van der Waals surface area contributed by atoms with Gasteiger partial charge in [-0.2, -0.15) is 0 Å². The fourth-order valence-corrected chi connectivity index (χ4v) is 7.84. The Bertz CT molecular complexity index is 901. The van der Waals surface area contributed by atoms with Gasteiger partial charge in [-0.3, -0.25) is 4.98 Å². The van der Waals surface area contributed by atoms with Gasteiger partial charge in [-0.15, -0.1) is 0 Å². The molecule has 0 bridgehead atoms. The second kappa shape index (κ2) is 7.86. The summed E-state index contributed by atoms with van der Waals surface area (Å²) in [7, 11) is -1.86. The molecule has 0 saturated carbocycles. The number of nitrogens with zero attached hydrogens (tertiary/aromatic N) is 1. The zero-order chi connectivity index (χ0) is 18.5. The average Bonchev–Trinajstić information content (AvgIpc) is 2.74. The monoisotopic (exact) mass is 368 g/mol. The van der Waals surface area contributed by atoms with Crippen molar-refractivity contribution in [2.75, 3.05) is 0 Å². The normalized spacial score (nSPS) is 11.3. The zero-order valence-corrected chi connectivity index (χ0v) is 16.4. The van der Waals surface area contributed by atoms with Crippen LogP contribution in [0, 0.1) is 6.92 Å². The minimum absolute atomic E-state index is 0.923. The van der Waals surface area contributed by atoms with Crippen LogP contribution in [0.25, 0.3) is 0 Å². The smallest absolute Gasteiger partial charge is 0.118 e. The molecule has 27 heavy (non-hydrogen) atoms. The molecule has 132 valence electrons. The van der Waals surface area contributed by atoms with Crippen molar-refractivity contribution < 1.29 is 0 Å². The molecule has 0 amide bonds. The molecule has 0 aliphatic carbocycles. The Hall–Kier alpha value is -2.76. The quantitative estimate of drug-likeness (QED) is 0.457. The van der Waals surface area contributed by atoms with Crippen LogP contribution in [0.15, 0.2) is 109 Å². The van der Waals surface area contributed by atoms with Crippen LogP contribution < -0.4 is 15.9 Å². The van der Waals surface area contributed by atoms with Crippen LogP contribution in [-0.2, 0) is 6.16 Å². The lowest BCUT2D eigenvalue weighted by atomic mass is 10.3. The number of hydrogen-bond acceptors (Lipinski definition) is 1. The molecular formula is C25H23NP+. The van der Waals surface area contributed by atoms with Crippen molar-refractivity contribution in [3.63, 3.8) is 0 Å². The number of aryl methyl sites for hydroxylation is 1. The molecule has 0 unspecified atom stereocenters. The molecule has 0 radical (unpaired) electrons. The molecule has 0 spiro atoms. The van der Waals surface area contributed by atoms with E-state index in [4.69, 9.17) is 4.98 Å². The first-order valence-corrected chi connectivity index (χ1v) is 11.2. The molecule has 0 N–H and O–H groups in total. The predicted octanol–water partition coefficient (Wildman–Crippen LogP) is 4.88. The molecule has 2 heteroatoms. The van der Waals surface area contributed by atoms with E-state index in [2.05, 4.69) is 110 Å². The number of benzene rings is 3. The number of aromatic nitrogens is 1. The minimum atomic E-state index is -1.86. The minimum Gasteiger partial charge on any atom is -0.257 e. The first kappa shape index (κ1) is 17.6. The van der Waals surface area contributed by atoms with Gasteiger partial charge in [-0.1, -0.05) is 54.6 Å². The fourth-order valence-electron chi connectivity index (χ4n) is 3.70. The molecule has 4 aromatic rings. The van der Waals surface area contributed by atoms with Crippen molar-refractivity contribution in [2.45, 2.75) is 13.1 Å². The lowest BCUT2D eigenvalue weighted by Gasteiger charge is -2.27. The Morgan fingerprint density at radius 1 is 0.630 bits per heavy atom. The molecule has 0 saturated heterocycles. The summed E-state index contributed by atoms with van der Waals surface area (Å²) in [6, 6.07) is 37.2. The third-order valence-corrected chi connectivity index (χ3v) is 9.30. The van der Waals surface area contributed by atoms with E-state index in [1.165, 1.54) is 21.5 Å². The summed E-state index contributed by atoms with van der Waals surface area (Å²) in [5, 5.41) is 4.18. The Balaban J connectivity index is 2.00. The maximum absolute atomic E-state index is 4.73. The SMILES string of the molecule is Cc1ccnc(C[P+](c2ccccc2)(c2ccccc2)c2ccccc2)c1. The van der Waals surface area contributed by atoms with E-state index < -0.39 is 7.26 Å². The van der Waals surface area contributed by atoms with Crippen LogP contribution in [0.3, 0.4) is 0 Å². The first-order chi connectivity index (χ1) is 13.3. The molecule has 0 fully saturated rings. The molecule has 0 aliphatic rings. The Kier molecular flexibility index (Phi) is 5.14. The molecule has 3 aromatic carbocycles. The fraction of sp³-hybridized carbons (Fsp3) is 0.0800. The molecule has 1 nitrogen and oxygen atoms in total. The van der Waals surface area contributed by atoms with Crippen molar-refractivity contribution in [3.8, 4) is 0 Å². The second-order valence-electron chi connectivity index (χ2n) is 6.80. The first-order valence-electron chi connectivity index (χ1n) is 9.25. The standard InChI is InChI=1S/C25H23NP/c1-21-17-18-26-22(19-21)20-27(23-11-5-2-6-12-23,24-13-7-3-8-14-24)25-15-9-4-10-16-25/h2-19H,20H2,1H3/q+1. The lowest BCUT2D eigenvalue weighted by Crippen LogP contribution is -2.32. The van der Waals surface area contributed by atoms with Crippen LogP contribution in [-0.4, -0.2) is 4.98 Å². The molecule has 1 heterocycles. The van der Waals surface area contributed by atoms with Crippen molar-refractivity contribution >= 4 is 23.2 Å². The number of rotatable bonds is 5. The highest BCUT2D eigenvalue weighted by Gasteiger charge is 2.45. The highest BCUT2D eigenvalue weighted by Crippen LogP contribution is 2.57. The molecule has 4 rings (SSSR count). The van der Waals surface area contributed by atoms with E-state index in [-0.39, 0.29) is 0 Å². The van der Waals surface area contributed by atoms with E-state index in [1.807, 2.05) is 6.20 Å². The summed E-state index contributed by atoms with van der Waals surface area (Å²) in [6.45, 7) is 2.14. The topological polar surface area (TPSA) is 12.9 Å². The average molecular weight is 368 g/mol. The van der Waals surface area contributed by atoms with Gasteiger partial charge in [-0.05, 0) is 61.0 Å². The molecule has 0 atom stereocenters. The van der Waals surface area contributed by atoms with Crippen LogP contribution in [0.1, 0.15) is 11.3 Å². The number of pyridine rings is 1. The Morgan fingerprint density at radius 3 is 1.48 bits per heavy atom. The van der Waals surface area contributed by atoms with E-state index in [1.54, 1.807) is 0 Å². The summed E-state index contributed by atoms with van der Waals surface area (Å²) < 4.78 is 0. The molecule has 1 aromatic heterocycles. The van der Waals surface area contributed by atoms with Crippen LogP contribution in [0.2, 0.25) is 0 Å². The van der Waals surface area contributed by atoms with Crippen molar-refractivity contribution in [1.82, 2.24) is 4.98 Å². The van der Waals surface area contributed by atoms with Crippen molar-refractivity contribution in [1.29, 1.82) is 0 Å². The van der Waals surface area contributed by atoms with Gasteiger partial charge in [0.1, 0.15) is 29.3 Å². The summed E-state index contributed by atoms with van der Waals surface area (Å²) in [4.78, 5) is 4.73. The van der Waals surface area contributed by atoms with E-state index >= 15 is 0 Å². The van der Waals surface area contributed by atoms with Crippen molar-refractivity contribution in [3.05, 3.63) is 121 Å². The summed E-state index contributed by atoms with van der Waals surface area (Å²) in [5.41, 5.74) is 2.41. The van der Waals surface area contributed by atoms with Gasteiger partial charge < -0.3 is 0 Å². The van der Waals surface area contributed by atoms with Gasteiger partial charge in [0.15, 0.2) is 0 Å². The molecule has 0 aliphatic heterocycles. The van der Waals surface area contributed by atoms with Crippen LogP contribution in [0.5, 0.6) is 0 Å². The lowest BCUT2D eigenvalue weighted by molar-refractivity contribution is 1.15. The van der Waals surface area contributed by atoms with Gasteiger partial charge in [0, 0.05) is 6.20 Å². The third kappa shape index (κ3) is 3.56. The largest absolute Gasteiger partial charge is 0.257 e. The maximum atomic E-state index is 4.73. The highest BCUT2D eigenvalue weighted by atomic mass is 31.2. The van der Waals surface area contributed by atoms with Gasteiger partial charge in [0.2, 0.25) is 0 Å². The van der Waals surface area contributed by atoms with E-state index in [0.717, 1.165) is 11.9 Å². The van der Waals surface area contributed by atoms with Crippen molar-refractivity contribution in [2.24, 2.45) is 0 Å². The Labute approximate surface area is 162 Å². The Morgan fingerprint density at radius 2 is 1.07 bits per heavy atom. The molecular weight excluding hydrogens is 345 g/mol. The summed E-state index contributed by atoms with van der Waals surface area (Å²) in [5.74, 6) is 0. The second-order valence-corrected chi connectivity index (χ2v) is 10.3. The predicted molar refractivity (Wildman–Crippen MR) is 118 cm³/mol. The van der Waals surface area contributed by atoms with Gasteiger partial charge >= 0.3 is 0 Å². The van der Waals surface area contributed by atoms with Crippen LogP contribution >= 0.6 is 7.26 Å². The number of hydrogen-bond donors (Lipinski definition) is 0. The van der Waals surface area contributed by atoms with E-state index in [0.29, 0.717) is 0 Å². The van der Waals surface area contributed by atoms with Crippen LogP contribution in [0.4, 0.5) is 0 Å². The van der Waals surface area contributed by atoms with Gasteiger partial charge in [-0.25, -0.2) is 0 Å². The zero-order valence-electron chi connectivity index (χ0n) is 15.5. The van der Waals surface area contributed by atoms with Gasteiger partial charge in [0.05, 0.1) is 5.69 Å². The summed E-state index contributed by atoms with van der Waals surface area (Å²) in [6.07, 6.45) is 2.85. The summed E-state index contributed by atoms with van der Waals surface area (Å²) >= 11 is 0. The third-order valence-electron chi connectivity index (χ3n) is 4.96. The van der Waals surface area contributed by atoms with Gasteiger partial charge in [0.25, 0.3) is 0 Å². The maximum Gasteiger partial charge on any atom is 0.118 e. The van der Waals surface area contributed by atoms with E-state index in [9.17, 15) is 0 Å².